The Kier molecular flexibility index (Phi) is 6.19. The lowest BCUT2D eigenvalue weighted by molar-refractivity contribution is -0.127. The Labute approximate surface area is 189 Å². The minimum atomic E-state index is -0.803. The van der Waals surface area contributed by atoms with Gasteiger partial charge in [-0.3, -0.25) is 4.79 Å². The van der Waals surface area contributed by atoms with Gasteiger partial charge in [-0.25, -0.2) is 0 Å². The van der Waals surface area contributed by atoms with E-state index in [1.807, 2.05) is 80.6 Å². The normalized spacial score (nSPS) is 15.0. The monoisotopic (exact) mass is 433 g/mol. The van der Waals surface area contributed by atoms with Crippen LogP contribution in [0.5, 0.6) is 0 Å². The second-order valence-corrected chi connectivity index (χ2v) is 8.79. The highest BCUT2D eigenvalue weighted by Gasteiger charge is 2.48. The molecule has 1 amide bonds. The predicted octanol–water partition coefficient (Wildman–Crippen LogP) is 5.80. The fraction of sp³-hybridized carbons (Fsp3) is 0.269. The Morgan fingerprint density at radius 3 is 2.19 bits per heavy atom. The van der Waals surface area contributed by atoms with Gasteiger partial charge in [0.05, 0.1) is 17.3 Å². The Bertz CT molecular complexity index is 1030. The van der Waals surface area contributed by atoms with E-state index in [1.54, 1.807) is 0 Å². The van der Waals surface area contributed by atoms with E-state index >= 15 is 0 Å². The second-order valence-electron chi connectivity index (χ2n) is 8.35. The lowest BCUT2D eigenvalue weighted by atomic mass is 9.81. The molecular weight excluding hydrogens is 406 g/mol. The third kappa shape index (κ3) is 4.54. The zero-order valence-electron chi connectivity index (χ0n) is 17.9. The number of halogens is 1. The minimum Gasteiger partial charge on any atom is -0.357 e. The highest BCUT2D eigenvalue weighted by atomic mass is 35.5. The maximum absolute atomic E-state index is 13.6. The zero-order chi connectivity index (χ0) is 21.8. The standard InChI is InChI=1S/C26H28ClN3O/c1-18(2)28-25(31)22(16-15-19-9-4-3-5-10-19)26(20-11-8-12-21(27)17-20)29-23-13-6-7-14-24(23)30-26/h3-14,17-18,22,29-30H,15-16H2,1-2H3,(H,28,31). The number of hydrogen-bond donors (Lipinski definition) is 3. The molecule has 4 rings (SSSR count). The van der Waals surface area contributed by atoms with Crippen molar-refractivity contribution in [3.63, 3.8) is 0 Å². The smallest absolute Gasteiger partial charge is 0.227 e. The SMILES string of the molecule is CC(C)NC(=O)C(CCc1ccccc1)C1(c2cccc(Cl)c2)Nc2ccccc2N1. The molecule has 3 aromatic carbocycles. The van der Waals surface area contributed by atoms with Gasteiger partial charge in [0.1, 0.15) is 5.66 Å². The molecule has 3 N–H and O–H groups in total. The molecule has 0 bridgehead atoms. The summed E-state index contributed by atoms with van der Waals surface area (Å²) >= 11 is 6.38. The van der Waals surface area contributed by atoms with E-state index in [0.29, 0.717) is 11.4 Å². The van der Waals surface area contributed by atoms with Gasteiger partial charge in [-0.1, -0.05) is 66.2 Å². The van der Waals surface area contributed by atoms with Crippen molar-refractivity contribution in [3.8, 4) is 0 Å². The van der Waals surface area contributed by atoms with Gasteiger partial charge < -0.3 is 16.0 Å². The minimum absolute atomic E-state index is 0.0127. The first-order chi connectivity index (χ1) is 15.0. The highest BCUT2D eigenvalue weighted by Crippen LogP contribution is 2.45. The number of carbonyl (C=O) groups excluding carboxylic acids is 1. The Balaban J connectivity index is 1.77. The van der Waals surface area contributed by atoms with E-state index in [9.17, 15) is 4.79 Å². The van der Waals surface area contributed by atoms with Crippen molar-refractivity contribution in [2.24, 2.45) is 5.92 Å². The number of benzene rings is 3. The first-order valence-corrected chi connectivity index (χ1v) is 11.1. The number of rotatable bonds is 7. The topological polar surface area (TPSA) is 53.2 Å². The van der Waals surface area contributed by atoms with Crippen molar-refractivity contribution in [1.29, 1.82) is 0 Å². The Morgan fingerprint density at radius 2 is 1.58 bits per heavy atom. The van der Waals surface area contributed by atoms with Gasteiger partial charge in [0.25, 0.3) is 0 Å². The number of nitrogens with one attached hydrogen (secondary N) is 3. The molecule has 160 valence electrons. The van der Waals surface area contributed by atoms with Crippen LogP contribution in [-0.2, 0) is 16.9 Å². The van der Waals surface area contributed by atoms with Crippen LogP contribution >= 0.6 is 11.6 Å². The van der Waals surface area contributed by atoms with Crippen LogP contribution in [-0.4, -0.2) is 11.9 Å². The molecule has 31 heavy (non-hydrogen) atoms. The third-order valence-corrected chi connectivity index (χ3v) is 5.94. The number of amides is 1. The van der Waals surface area contributed by atoms with E-state index in [1.165, 1.54) is 5.56 Å². The van der Waals surface area contributed by atoms with Crippen molar-refractivity contribution in [1.82, 2.24) is 5.32 Å². The molecule has 1 heterocycles. The molecule has 0 aromatic heterocycles. The maximum atomic E-state index is 13.6. The van der Waals surface area contributed by atoms with Crippen LogP contribution in [0.4, 0.5) is 11.4 Å². The molecule has 1 aliphatic heterocycles. The van der Waals surface area contributed by atoms with Crippen LogP contribution in [0.1, 0.15) is 31.4 Å². The summed E-state index contributed by atoms with van der Waals surface area (Å²) in [6.07, 6.45) is 1.46. The molecule has 0 fully saturated rings. The number of carbonyl (C=O) groups is 1. The summed E-state index contributed by atoms with van der Waals surface area (Å²) in [5, 5.41) is 11.1. The van der Waals surface area contributed by atoms with Crippen LogP contribution in [0.3, 0.4) is 0 Å². The quantitative estimate of drug-likeness (QED) is 0.441. The zero-order valence-corrected chi connectivity index (χ0v) is 18.6. The van der Waals surface area contributed by atoms with Crippen LogP contribution in [0.25, 0.3) is 0 Å². The molecule has 5 heteroatoms. The maximum Gasteiger partial charge on any atom is 0.227 e. The molecule has 1 unspecified atom stereocenters. The van der Waals surface area contributed by atoms with E-state index in [4.69, 9.17) is 11.6 Å². The summed E-state index contributed by atoms with van der Waals surface area (Å²) in [6.45, 7) is 3.98. The highest BCUT2D eigenvalue weighted by molar-refractivity contribution is 6.30. The summed E-state index contributed by atoms with van der Waals surface area (Å²) in [5.41, 5.74) is 3.30. The average Bonchev–Trinajstić information content (AvgIpc) is 3.14. The summed E-state index contributed by atoms with van der Waals surface area (Å²) < 4.78 is 0. The molecule has 0 saturated heterocycles. The van der Waals surface area contributed by atoms with Gasteiger partial charge in [-0.15, -0.1) is 0 Å². The molecule has 0 saturated carbocycles. The number of anilines is 2. The van der Waals surface area contributed by atoms with Gasteiger partial charge in [0, 0.05) is 11.1 Å². The lowest BCUT2D eigenvalue weighted by Crippen LogP contribution is -2.53. The van der Waals surface area contributed by atoms with Crippen LogP contribution in [0.15, 0.2) is 78.9 Å². The second kappa shape index (κ2) is 9.03. The van der Waals surface area contributed by atoms with Crippen molar-refractivity contribution >= 4 is 28.9 Å². The molecule has 4 nitrogen and oxygen atoms in total. The Hall–Kier alpha value is -2.98. The fourth-order valence-electron chi connectivity index (χ4n) is 4.30. The summed E-state index contributed by atoms with van der Waals surface area (Å²) in [4.78, 5) is 13.6. The Morgan fingerprint density at radius 1 is 0.935 bits per heavy atom. The summed E-state index contributed by atoms with van der Waals surface area (Å²) in [7, 11) is 0. The first kappa shape index (κ1) is 21.3. The van der Waals surface area contributed by atoms with Crippen LogP contribution < -0.4 is 16.0 Å². The number of fused-ring (bicyclic) bond motifs is 1. The number of aryl methyl sites for hydroxylation is 1. The van der Waals surface area contributed by atoms with Gasteiger partial charge in [-0.2, -0.15) is 0 Å². The molecule has 1 aliphatic rings. The average molecular weight is 434 g/mol. The van der Waals surface area contributed by atoms with Gasteiger partial charge in [0.2, 0.25) is 5.91 Å². The molecule has 0 aliphatic carbocycles. The van der Waals surface area contributed by atoms with Gasteiger partial charge in [0.15, 0.2) is 0 Å². The molecule has 0 radical (unpaired) electrons. The van der Waals surface area contributed by atoms with E-state index in [-0.39, 0.29) is 17.9 Å². The van der Waals surface area contributed by atoms with Crippen molar-refractivity contribution in [2.75, 3.05) is 10.6 Å². The molecule has 3 aromatic rings. The first-order valence-electron chi connectivity index (χ1n) is 10.7. The summed E-state index contributed by atoms with van der Waals surface area (Å²) in [6, 6.07) is 26.1. The van der Waals surface area contributed by atoms with E-state index < -0.39 is 5.66 Å². The van der Waals surface area contributed by atoms with Crippen molar-refractivity contribution < 1.29 is 4.79 Å². The largest absolute Gasteiger partial charge is 0.357 e. The van der Waals surface area contributed by atoms with Crippen LogP contribution in [0.2, 0.25) is 5.02 Å². The van der Waals surface area contributed by atoms with E-state index in [2.05, 4.69) is 28.1 Å². The summed E-state index contributed by atoms with van der Waals surface area (Å²) in [5.74, 6) is -0.361. The number of para-hydroxylation sites is 2. The fourth-order valence-corrected chi connectivity index (χ4v) is 4.49. The third-order valence-electron chi connectivity index (χ3n) is 5.71. The molecule has 0 spiro atoms. The van der Waals surface area contributed by atoms with Crippen LogP contribution in [0, 0.1) is 5.92 Å². The van der Waals surface area contributed by atoms with Crippen molar-refractivity contribution in [2.45, 2.75) is 38.4 Å². The molecule has 1 atom stereocenters. The van der Waals surface area contributed by atoms with Gasteiger partial charge >= 0.3 is 0 Å². The lowest BCUT2D eigenvalue weighted by Gasteiger charge is -2.39. The predicted molar refractivity (Wildman–Crippen MR) is 128 cm³/mol. The van der Waals surface area contributed by atoms with Gasteiger partial charge in [-0.05, 0) is 62.1 Å². The van der Waals surface area contributed by atoms with E-state index in [0.717, 1.165) is 23.4 Å². The molecular formula is C26H28ClN3O. The van der Waals surface area contributed by atoms with Crippen molar-refractivity contribution in [3.05, 3.63) is 95.0 Å². The number of hydrogen-bond acceptors (Lipinski definition) is 3.